The topological polar surface area (TPSA) is 44.8 Å². The predicted octanol–water partition coefficient (Wildman–Crippen LogP) is 5.31. The van der Waals surface area contributed by atoms with Crippen molar-refractivity contribution in [3.05, 3.63) is 89.0 Å². The van der Waals surface area contributed by atoms with Crippen molar-refractivity contribution < 1.29 is 19.0 Å². The molecule has 5 heteroatoms. The van der Waals surface area contributed by atoms with Gasteiger partial charge in [-0.2, -0.15) is 0 Å². The van der Waals surface area contributed by atoms with E-state index in [2.05, 4.69) is 9.24 Å². The van der Waals surface area contributed by atoms with E-state index in [1.165, 1.54) is 5.56 Å². The normalized spacial score (nSPS) is 10.4. The van der Waals surface area contributed by atoms with Crippen molar-refractivity contribution in [2.75, 3.05) is 6.79 Å². The number of hydrogen-bond acceptors (Lipinski definition) is 4. The summed E-state index contributed by atoms with van der Waals surface area (Å²) in [4.78, 5) is 12.3. The van der Waals surface area contributed by atoms with Crippen molar-refractivity contribution in [2.45, 2.75) is 20.0 Å². The molecule has 0 N–H and O–H groups in total. The lowest BCUT2D eigenvalue weighted by atomic mass is 10.1. The minimum Gasteiger partial charge on any atom is -0.458 e. The van der Waals surface area contributed by atoms with Gasteiger partial charge in [-0.3, -0.25) is 0 Å². The van der Waals surface area contributed by atoms with E-state index < -0.39 is 0 Å². The maximum absolute atomic E-state index is 12.3. The molecule has 3 aromatic rings. The Hall–Kier alpha value is -2.84. The van der Waals surface area contributed by atoms with Gasteiger partial charge in [-0.15, -0.1) is 9.24 Å². The lowest BCUT2D eigenvalue weighted by Gasteiger charge is -2.12. The first-order valence-electron chi connectivity index (χ1n) is 8.99. The van der Waals surface area contributed by atoms with Crippen LogP contribution in [0.4, 0.5) is 0 Å². The number of aryl methyl sites for hydroxylation is 2. The zero-order valence-corrected chi connectivity index (χ0v) is 17.1. The summed E-state index contributed by atoms with van der Waals surface area (Å²) in [6, 6.07) is 20.4. The zero-order valence-electron chi connectivity index (χ0n) is 16.0. The van der Waals surface area contributed by atoms with E-state index in [4.69, 9.17) is 14.2 Å². The first kappa shape index (κ1) is 19.9. The van der Waals surface area contributed by atoms with E-state index in [9.17, 15) is 4.79 Å². The molecule has 0 saturated carbocycles. The Labute approximate surface area is 167 Å². The number of carbonyl (C=O) groups excluding carboxylic acids is 1. The van der Waals surface area contributed by atoms with Crippen molar-refractivity contribution in [1.29, 1.82) is 0 Å². The summed E-state index contributed by atoms with van der Waals surface area (Å²) in [5.74, 6) is 1.52. The highest BCUT2D eigenvalue weighted by molar-refractivity contribution is 7.15. The van der Waals surface area contributed by atoms with Crippen LogP contribution in [0.15, 0.2) is 66.7 Å². The van der Waals surface area contributed by atoms with Gasteiger partial charge >= 0.3 is 5.97 Å². The molecule has 0 aliphatic carbocycles. The maximum atomic E-state index is 12.3. The van der Waals surface area contributed by atoms with E-state index in [0.29, 0.717) is 17.1 Å². The van der Waals surface area contributed by atoms with E-state index in [1.54, 1.807) is 30.3 Å². The van der Waals surface area contributed by atoms with E-state index in [0.717, 1.165) is 23.0 Å². The maximum Gasteiger partial charge on any atom is 0.343 e. The van der Waals surface area contributed by atoms with E-state index >= 15 is 0 Å². The predicted molar refractivity (Wildman–Crippen MR) is 113 cm³/mol. The van der Waals surface area contributed by atoms with Gasteiger partial charge in [0.25, 0.3) is 0 Å². The molecule has 0 amide bonds. The van der Waals surface area contributed by atoms with Crippen LogP contribution in [0.5, 0.6) is 17.2 Å². The van der Waals surface area contributed by atoms with Gasteiger partial charge in [0.1, 0.15) is 17.2 Å². The van der Waals surface area contributed by atoms with E-state index in [1.807, 2.05) is 50.2 Å². The summed E-state index contributed by atoms with van der Waals surface area (Å²) < 4.78 is 16.7. The lowest BCUT2D eigenvalue weighted by Crippen LogP contribution is -2.09. The van der Waals surface area contributed by atoms with Crippen LogP contribution in [0.2, 0.25) is 0 Å². The Balaban J connectivity index is 1.56. The Kier molecular flexibility index (Phi) is 6.67. The van der Waals surface area contributed by atoms with Gasteiger partial charge in [0.15, 0.2) is 0 Å². The van der Waals surface area contributed by atoms with Crippen LogP contribution in [0, 0.1) is 13.8 Å². The third kappa shape index (κ3) is 5.34. The van der Waals surface area contributed by atoms with Gasteiger partial charge in [0, 0.05) is 0 Å². The molecule has 4 nitrogen and oxygen atoms in total. The second-order valence-corrected chi connectivity index (χ2v) is 6.85. The van der Waals surface area contributed by atoms with Crippen LogP contribution in [-0.2, 0) is 6.16 Å². The van der Waals surface area contributed by atoms with Gasteiger partial charge in [0.05, 0.1) is 5.56 Å². The molecule has 3 aromatic carbocycles. The molecular weight excluding hydrogens is 371 g/mol. The molecule has 0 aromatic heterocycles. The fraction of sp³-hybridized carbons (Fsp3) is 0.174. The second kappa shape index (κ2) is 9.38. The Bertz CT molecular complexity index is 934. The van der Waals surface area contributed by atoms with Crippen molar-refractivity contribution in [1.82, 2.24) is 0 Å². The zero-order chi connectivity index (χ0) is 19.9. The first-order chi connectivity index (χ1) is 13.5. The van der Waals surface area contributed by atoms with Gasteiger partial charge in [-0.1, -0.05) is 29.8 Å². The highest BCUT2D eigenvalue weighted by atomic mass is 31.0. The minimum absolute atomic E-state index is 0.102. The molecule has 0 fully saturated rings. The standard InChI is InChI=1S/C23H23O4P/c1-16-3-9-20(10-4-16)25-15-26-22-12-11-21(13-17(22)2)27-23(24)19-7-5-18(14-28)6-8-19/h3-13H,14-15,28H2,1-2H3. The number of benzene rings is 3. The van der Waals surface area contributed by atoms with E-state index in [-0.39, 0.29) is 12.8 Å². The average Bonchev–Trinajstić information content (AvgIpc) is 2.71. The smallest absolute Gasteiger partial charge is 0.343 e. The molecule has 0 bridgehead atoms. The highest BCUT2D eigenvalue weighted by Gasteiger charge is 2.10. The number of rotatable bonds is 7. The molecule has 0 radical (unpaired) electrons. The molecule has 0 spiro atoms. The number of ether oxygens (including phenoxy) is 3. The van der Waals surface area contributed by atoms with Crippen molar-refractivity contribution in [3.63, 3.8) is 0 Å². The molecule has 28 heavy (non-hydrogen) atoms. The fourth-order valence-electron chi connectivity index (χ4n) is 2.59. The number of carbonyl (C=O) groups is 1. The Morgan fingerprint density at radius 2 is 1.54 bits per heavy atom. The lowest BCUT2D eigenvalue weighted by molar-refractivity contribution is 0.0734. The quantitative estimate of drug-likeness (QED) is 0.236. The molecular formula is C23H23O4P. The summed E-state index contributed by atoms with van der Waals surface area (Å²) in [5.41, 5.74) is 3.70. The second-order valence-electron chi connectivity index (χ2n) is 6.44. The molecule has 1 atom stereocenters. The summed E-state index contributed by atoms with van der Waals surface area (Å²) >= 11 is 0. The van der Waals surface area contributed by atoms with Gasteiger partial charge in [-0.25, -0.2) is 4.79 Å². The average molecular weight is 394 g/mol. The highest BCUT2D eigenvalue weighted by Crippen LogP contribution is 2.24. The van der Waals surface area contributed by atoms with Crippen LogP contribution in [0.1, 0.15) is 27.0 Å². The molecule has 0 heterocycles. The monoisotopic (exact) mass is 394 g/mol. The number of hydrogen-bond donors (Lipinski definition) is 0. The van der Waals surface area contributed by atoms with Crippen LogP contribution < -0.4 is 14.2 Å². The van der Waals surface area contributed by atoms with Crippen LogP contribution >= 0.6 is 9.24 Å². The first-order valence-corrected chi connectivity index (χ1v) is 9.81. The Morgan fingerprint density at radius 3 is 2.18 bits per heavy atom. The molecule has 0 aliphatic rings. The van der Waals surface area contributed by atoms with Crippen molar-refractivity contribution >= 4 is 15.2 Å². The number of esters is 1. The molecule has 0 aliphatic heterocycles. The molecule has 0 saturated heterocycles. The third-order valence-corrected chi connectivity index (χ3v) is 4.71. The Morgan fingerprint density at radius 1 is 0.857 bits per heavy atom. The van der Waals surface area contributed by atoms with Crippen molar-refractivity contribution in [3.8, 4) is 17.2 Å². The van der Waals surface area contributed by atoms with Crippen LogP contribution in [-0.4, -0.2) is 12.8 Å². The summed E-state index contributed by atoms with van der Waals surface area (Å²) in [7, 11) is 2.66. The summed E-state index contributed by atoms with van der Waals surface area (Å²) in [5, 5.41) is 0. The summed E-state index contributed by atoms with van der Waals surface area (Å²) in [6.45, 7) is 4.02. The largest absolute Gasteiger partial charge is 0.458 e. The molecule has 144 valence electrons. The van der Waals surface area contributed by atoms with Gasteiger partial charge in [-0.05, 0) is 73.6 Å². The van der Waals surface area contributed by atoms with Crippen molar-refractivity contribution in [2.24, 2.45) is 0 Å². The fourth-order valence-corrected chi connectivity index (χ4v) is 2.86. The van der Waals surface area contributed by atoms with Gasteiger partial charge in [0.2, 0.25) is 6.79 Å². The summed E-state index contributed by atoms with van der Waals surface area (Å²) in [6.07, 6.45) is 0.851. The van der Waals surface area contributed by atoms with Crippen LogP contribution in [0.25, 0.3) is 0 Å². The molecule has 1 unspecified atom stereocenters. The van der Waals surface area contributed by atoms with Crippen LogP contribution in [0.3, 0.4) is 0 Å². The third-order valence-electron chi connectivity index (χ3n) is 4.24. The molecule has 3 rings (SSSR count). The van der Waals surface area contributed by atoms with Gasteiger partial charge < -0.3 is 14.2 Å². The SMILES string of the molecule is Cc1ccc(OCOc2ccc(OC(=O)c3ccc(CP)cc3)cc2C)cc1. The minimum atomic E-state index is -0.383.